The molecule has 1 aromatic carbocycles. The summed E-state index contributed by atoms with van der Waals surface area (Å²) in [6, 6.07) is 4.50. The molecule has 0 aliphatic carbocycles. The monoisotopic (exact) mass is 401 g/mol. The van der Waals surface area contributed by atoms with Gasteiger partial charge in [0.1, 0.15) is 11.6 Å². The van der Waals surface area contributed by atoms with Crippen molar-refractivity contribution in [1.82, 2.24) is 9.97 Å². The zero-order valence-electron chi connectivity index (χ0n) is 11.2. The van der Waals surface area contributed by atoms with Crippen molar-refractivity contribution in [3.05, 3.63) is 38.7 Å². The summed E-state index contributed by atoms with van der Waals surface area (Å²) < 4.78 is 14.7. The van der Waals surface area contributed by atoms with E-state index in [-0.39, 0.29) is 5.82 Å². The number of benzene rings is 1. The molecule has 0 saturated heterocycles. The van der Waals surface area contributed by atoms with Crippen LogP contribution in [-0.4, -0.2) is 17.0 Å². The lowest BCUT2D eigenvalue weighted by atomic mass is 10.2. The lowest BCUT2D eigenvalue weighted by Gasteiger charge is -2.11. The first-order valence-corrected chi connectivity index (χ1v) is 7.85. The molecule has 20 heavy (non-hydrogen) atoms. The van der Waals surface area contributed by atoms with Gasteiger partial charge in [-0.1, -0.05) is 13.3 Å². The van der Waals surface area contributed by atoms with Gasteiger partial charge in [-0.25, -0.2) is 14.4 Å². The second-order valence-electron chi connectivity index (χ2n) is 4.28. The molecule has 0 fully saturated rings. The Balaban J connectivity index is 2.58. The van der Waals surface area contributed by atoms with E-state index in [1.165, 1.54) is 12.1 Å². The predicted molar refractivity (Wildman–Crippen MR) is 86.4 cm³/mol. The molecular formula is C14H14Br2FN3. The second-order valence-corrected chi connectivity index (χ2v) is 5.93. The number of halogens is 3. The number of anilines is 1. The van der Waals surface area contributed by atoms with Gasteiger partial charge in [-0.15, -0.1) is 0 Å². The molecule has 0 bridgehead atoms. The summed E-state index contributed by atoms with van der Waals surface area (Å²) in [4.78, 5) is 9.05. The summed E-state index contributed by atoms with van der Waals surface area (Å²) in [6.45, 7) is 2.10. The number of nitrogens with one attached hydrogen (secondary N) is 1. The number of hydrogen-bond donors (Lipinski definition) is 1. The number of rotatable bonds is 4. The van der Waals surface area contributed by atoms with E-state index in [4.69, 9.17) is 0 Å². The van der Waals surface area contributed by atoms with Crippen LogP contribution < -0.4 is 5.32 Å². The van der Waals surface area contributed by atoms with Gasteiger partial charge in [-0.05, 0) is 56.5 Å². The third-order valence-electron chi connectivity index (χ3n) is 2.82. The Labute approximate surface area is 134 Å². The minimum Gasteiger partial charge on any atom is -0.372 e. The van der Waals surface area contributed by atoms with Crippen LogP contribution in [0.5, 0.6) is 0 Å². The van der Waals surface area contributed by atoms with Crippen molar-refractivity contribution in [2.75, 3.05) is 12.4 Å². The van der Waals surface area contributed by atoms with Gasteiger partial charge in [0.15, 0.2) is 5.82 Å². The number of nitrogens with zero attached hydrogens (tertiary/aromatic N) is 2. The summed E-state index contributed by atoms with van der Waals surface area (Å²) in [7, 11) is 1.81. The minimum absolute atomic E-state index is 0.291. The van der Waals surface area contributed by atoms with Gasteiger partial charge >= 0.3 is 0 Å². The van der Waals surface area contributed by atoms with E-state index in [2.05, 4.69) is 54.1 Å². The Kier molecular flexibility index (Phi) is 5.10. The summed E-state index contributed by atoms with van der Waals surface area (Å²) in [5.74, 6) is 1.02. The molecule has 106 valence electrons. The normalized spacial score (nSPS) is 10.7. The molecular weight excluding hydrogens is 389 g/mol. The molecule has 0 unspecified atom stereocenters. The van der Waals surface area contributed by atoms with Crippen LogP contribution in [0.2, 0.25) is 0 Å². The summed E-state index contributed by atoms with van der Waals surface area (Å²) >= 11 is 6.88. The zero-order valence-corrected chi connectivity index (χ0v) is 14.3. The molecule has 1 aromatic heterocycles. The maximum absolute atomic E-state index is 13.2. The van der Waals surface area contributed by atoms with Crippen LogP contribution in [0, 0.1) is 5.82 Å². The van der Waals surface area contributed by atoms with E-state index in [1.807, 2.05) is 7.05 Å². The molecule has 3 nitrogen and oxygen atoms in total. The maximum Gasteiger partial charge on any atom is 0.162 e. The smallest absolute Gasteiger partial charge is 0.162 e. The van der Waals surface area contributed by atoms with Crippen LogP contribution in [-0.2, 0) is 6.42 Å². The Bertz CT molecular complexity index is 632. The molecule has 0 spiro atoms. The highest BCUT2D eigenvalue weighted by Gasteiger charge is 2.14. The Morgan fingerprint density at radius 1 is 1.25 bits per heavy atom. The first kappa shape index (κ1) is 15.4. The molecule has 2 aromatic rings. The van der Waals surface area contributed by atoms with Crippen LogP contribution in [0.15, 0.2) is 27.1 Å². The van der Waals surface area contributed by atoms with Crippen LogP contribution >= 0.6 is 31.9 Å². The van der Waals surface area contributed by atoms with E-state index in [1.54, 1.807) is 6.07 Å². The van der Waals surface area contributed by atoms with Gasteiger partial charge in [0.25, 0.3) is 0 Å². The highest BCUT2D eigenvalue weighted by atomic mass is 79.9. The average Bonchev–Trinajstić information content (AvgIpc) is 2.41. The van der Waals surface area contributed by atoms with Crippen molar-refractivity contribution in [3.63, 3.8) is 0 Å². The highest BCUT2D eigenvalue weighted by molar-refractivity contribution is 9.11. The topological polar surface area (TPSA) is 37.8 Å². The molecule has 1 heterocycles. The molecule has 0 atom stereocenters. The van der Waals surface area contributed by atoms with E-state index in [9.17, 15) is 4.39 Å². The van der Waals surface area contributed by atoms with Crippen molar-refractivity contribution in [3.8, 4) is 11.4 Å². The van der Waals surface area contributed by atoms with Crippen molar-refractivity contribution in [2.24, 2.45) is 0 Å². The molecule has 6 heteroatoms. The fourth-order valence-electron chi connectivity index (χ4n) is 1.85. The third-order valence-corrected chi connectivity index (χ3v) is 4.30. The van der Waals surface area contributed by atoms with E-state index >= 15 is 0 Å². The van der Waals surface area contributed by atoms with E-state index in [0.29, 0.717) is 10.3 Å². The predicted octanol–water partition coefficient (Wildman–Crippen LogP) is 4.80. The molecule has 0 aliphatic rings. The van der Waals surface area contributed by atoms with Crippen LogP contribution in [0.1, 0.15) is 19.0 Å². The second kappa shape index (κ2) is 6.63. The SMILES string of the molecule is CCCc1nc(-c2ccc(F)cc2Br)nc(NC)c1Br. The zero-order chi connectivity index (χ0) is 14.7. The lowest BCUT2D eigenvalue weighted by Crippen LogP contribution is -2.03. The van der Waals surface area contributed by atoms with Crippen molar-refractivity contribution < 1.29 is 4.39 Å². The highest BCUT2D eigenvalue weighted by Crippen LogP contribution is 2.31. The van der Waals surface area contributed by atoms with Crippen LogP contribution in [0.3, 0.4) is 0 Å². The number of hydrogen-bond acceptors (Lipinski definition) is 3. The fourth-order valence-corrected chi connectivity index (χ4v) is 2.95. The van der Waals surface area contributed by atoms with Crippen LogP contribution in [0.25, 0.3) is 11.4 Å². The van der Waals surface area contributed by atoms with Crippen molar-refractivity contribution >= 4 is 37.7 Å². The van der Waals surface area contributed by atoms with Crippen molar-refractivity contribution in [1.29, 1.82) is 0 Å². The quantitative estimate of drug-likeness (QED) is 0.797. The van der Waals surface area contributed by atoms with Gasteiger partial charge in [0, 0.05) is 17.1 Å². The van der Waals surface area contributed by atoms with E-state index < -0.39 is 0 Å². The molecule has 0 amide bonds. The van der Waals surface area contributed by atoms with Crippen molar-refractivity contribution in [2.45, 2.75) is 19.8 Å². The lowest BCUT2D eigenvalue weighted by molar-refractivity contribution is 0.627. The fraction of sp³-hybridized carbons (Fsp3) is 0.286. The van der Waals surface area contributed by atoms with Gasteiger partial charge in [-0.2, -0.15) is 0 Å². The Morgan fingerprint density at radius 3 is 2.60 bits per heavy atom. The van der Waals surface area contributed by atoms with Gasteiger partial charge in [-0.3, -0.25) is 0 Å². The standard InChI is InChI=1S/C14H14Br2FN3/c1-3-4-11-12(16)14(18-2)20-13(19-11)9-6-5-8(17)7-10(9)15/h5-7H,3-4H2,1-2H3,(H,18,19,20). The molecule has 0 saturated carbocycles. The average molecular weight is 403 g/mol. The maximum atomic E-state index is 13.2. The van der Waals surface area contributed by atoms with Gasteiger partial charge in [0.2, 0.25) is 0 Å². The summed E-state index contributed by atoms with van der Waals surface area (Å²) in [6.07, 6.45) is 1.84. The molecule has 0 radical (unpaired) electrons. The molecule has 1 N–H and O–H groups in total. The molecule has 2 rings (SSSR count). The largest absolute Gasteiger partial charge is 0.372 e. The molecule has 0 aliphatic heterocycles. The number of aromatic nitrogens is 2. The van der Waals surface area contributed by atoms with Gasteiger partial charge in [0.05, 0.1) is 10.2 Å². The number of aryl methyl sites for hydroxylation is 1. The first-order chi connectivity index (χ1) is 9.56. The minimum atomic E-state index is -0.291. The third kappa shape index (κ3) is 3.17. The Morgan fingerprint density at radius 2 is 2.00 bits per heavy atom. The van der Waals surface area contributed by atoms with Gasteiger partial charge < -0.3 is 5.32 Å². The summed E-state index contributed by atoms with van der Waals surface area (Å²) in [5, 5.41) is 3.05. The van der Waals surface area contributed by atoms with Crippen LogP contribution in [0.4, 0.5) is 10.2 Å². The first-order valence-electron chi connectivity index (χ1n) is 6.26. The summed E-state index contributed by atoms with van der Waals surface area (Å²) in [5.41, 5.74) is 1.71. The van der Waals surface area contributed by atoms with E-state index in [0.717, 1.165) is 34.4 Å². The Hall–Kier alpha value is -1.01.